The number of pyridine rings is 1. The number of hydrogen-bond acceptors (Lipinski definition) is 2. The van der Waals surface area contributed by atoms with Gasteiger partial charge in [0.1, 0.15) is 5.82 Å². The Labute approximate surface area is 126 Å². The van der Waals surface area contributed by atoms with Crippen LogP contribution in [0.25, 0.3) is 0 Å². The second-order valence-electron chi connectivity index (χ2n) is 4.69. The molecule has 0 aliphatic carbocycles. The van der Waals surface area contributed by atoms with E-state index in [1.807, 2.05) is 18.3 Å². The Kier molecular flexibility index (Phi) is 4.28. The van der Waals surface area contributed by atoms with Crippen LogP contribution in [0.1, 0.15) is 0 Å². The molecule has 0 aliphatic rings. The Morgan fingerprint density at radius 3 is 1.71 bits per heavy atom. The Bertz CT molecular complexity index is 632. The first-order chi connectivity index (χ1) is 10.4. The van der Waals surface area contributed by atoms with Gasteiger partial charge in [0.25, 0.3) is 0 Å². The van der Waals surface area contributed by atoms with Crippen molar-refractivity contribution in [3.8, 4) is 0 Å². The Morgan fingerprint density at radius 1 is 0.714 bits per heavy atom. The SMILES string of the molecule is CN(c1ccccn1)P(c1ccccc1)c1ccccc1. The van der Waals surface area contributed by atoms with Gasteiger partial charge in [0.15, 0.2) is 0 Å². The second-order valence-corrected chi connectivity index (χ2v) is 6.95. The molecule has 0 spiro atoms. The van der Waals surface area contributed by atoms with Gasteiger partial charge in [-0.25, -0.2) is 4.98 Å². The summed E-state index contributed by atoms with van der Waals surface area (Å²) in [5.41, 5.74) is 0. The molecule has 0 saturated carbocycles. The molecule has 3 rings (SSSR count). The minimum atomic E-state index is -0.618. The second kappa shape index (κ2) is 6.51. The maximum Gasteiger partial charge on any atom is 0.131 e. The highest BCUT2D eigenvalue weighted by molar-refractivity contribution is 7.74. The van der Waals surface area contributed by atoms with Crippen molar-refractivity contribution in [2.45, 2.75) is 0 Å². The molecule has 1 aromatic heterocycles. The zero-order chi connectivity index (χ0) is 14.5. The Hall–Kier alpha value is -2.18. The average molecular weight is 292 g/mol. The third-order valence-corrected chi connectivity index (χ3v) is 5.66. The van der Waals surface area contributed by atoms with Gasteiger partial charge in [0, 0.05) is 23.9 Å². The molecule has 0 bridgehead atoms. The fraction of sp³-hybridized carbons (Fsp3) is 0.0556. The lowest BCUT2D eigenvalue weighted by molar-refractivity contribution is 1.21. The molecule has 0 amide bonds. The van der Waals surface area contributed by atoms with Crippen molar-refractivity contribution in [3.63, 3.8) is 0 Å². The van der Waals surface area contributed by atoms with Crippen molar-refractivity contribution in [1.29, 1.82) is 0 Å². The fourth-order valence-electron chi connectivity index (χ4n) is 2.28. The van der Waals surface area contributed by atoms with E-state index in [4.69, 9.17) is 0 Å². The van der Waals surface area contributed by atoms with Crippen LogP contribution in [0.4, 0.5) is 5.82 Å². The van der Waals surface area contributed by atoms with Gasteiger partial charge in [-0.15, -0.1) is 0 Å². The van der Waals surface area contributed by atoms with Gasteiger partial charge in [-0.3, -0.25) is 0 Å². The van der Waals surface area contributed by atoms with E-state index in [0.717, 1.165) is 5.82 Å². The van der Waals surface area contributed by atoms with Gasteiger partial charge in [-0.05, 0) is 12.1 Å². The molecule has 2 aromatic carbocycles. The van der Waals surface area contributed by atoms with Crippen LogP contribution in [0, 0.1) is 0 Å². The van der Waals surface area contributed by atoms with Gasteiger partial charge in [0.2, 0.25) is 0 Å². The van der Waals surface area contributed by atoms with E-state index in [9.17, 15) is 0 Å². The highest BCUT2D eigenvalue weighted by atomic mass is 31.1. The number of rotatable bonds is 4. The summed E-state index contributed by atoms with van der Waals surface area (Å²) in [4.78, 5) is 4.49. The highest BCUT2D eigenvalue weighted by Gasteiger charge is 2.20. The van der Waals surface area contributed by atoms with Crippen molar-refractivity contribution >= 4 is 24.5 Å². The van der Waals surface area contributed by atoms with Crippen LogP contribution in [-0.2, 0) is 0 Å². The summed E-state index contributed by atoms with van der Waals surface area (Å²) in [5.74, 6) is 0.997. The lowest BCUT2D eigenvalue weighted by Crippen LogP contribution is -2.25. The first kappa shape index (κ1) is 13.8. The molecule has 0 radical (unpaired) electrons. The van der Waals surface area contributed by atoms with E-state index >= 15 is 0 Å². The van der Waals surface area contributed by atoms with Crippen molar-refractivity contribution in [2.75, 3.05) is 11.7 Å². The monoisotopic (exact) mass is 292 g/mol. The summed E-state index contributed by atoms with van der Waals surface area (Å²) in [6.07, 6.45) is 1.84. The third-order valence-electron chi connectivity index (χ3n) is 3.28. The van der Waals surface area contributed by atoms with Crippen molar-refractivity contribution in [1.82, 2.24) is 4.98 Å². The molecule has 3 aromatic rings. The van der Waals surface area contributed by atoms with Crippen molar-refractivity contribution < 1.29 is 0 Å². The van der Waals surface area contributed by atoms with Crippen LogP contribution >= 0.6 is 8.07 Å². The van der Waals surface area contributed by atoms with E-state index < -0.39 is 8.07 Å². The van der Waals surface area contributed by atoms with Crippen LogP contribution in [0.2, 0.25) is 0 Å². The molecule has 2 nitrogen and oxygen atoms in total. The van der Waals surface area contributed by atoms with E-state index in [1.165, 1.54) is 10.6 Å². The predicted molar refractivity (Wildman–Crippen MR) is 91.7 cm³/mol. The average Bonchev–Trinajstić information content (AvgIpc) is 2.58. The quantitative estimate of drug-likeness (QED) is 0.683. The van der Waals surface area contributed by atoms with E-state index in [-0.39, 0.29) is 0 Å². The topological polar surface area (TPSA) is 16.1 Å². The van der Waals surface area contributed by atoms with Crippen LogP contribution in [0.5, 0.6) is 0 Å². The lowest BCUT2D eigenvalue weighted by Gasteiger charge is -2.29. The van der Waals surface area contributed by atoms with Gasteiger partial charge in [0.05, 0.1) is 8.07 Å². The molecule has 0 atom stereocenters. The molecule has 0 aliphatic heterocycles. The molecular weight excluding hydrogens is 275 g/mol. The number of nitrogens with zero attached hydrogens (tertiary/aromatic N) is 2. The summed E-state index contributed by atoms with van der Waals surface area (Å²) < 4.78 is 2.28. The van der Waals surface area contributed by atoms with E-state index in [0.29, 0.717) is 0 Å². The van der Waals surface area contributed by atoms with Crippen LogP contribution in [0.15, 0.2) is 85.1 Å². The van der Waals surface area contributed by atoms with Crippen LogP contribution in [-0.4, -0.2) is 12.0 Å². The van der Waals surface area contributed by atoms with Gasteiger partial charge in [-0.1, -0.05) is 66.7 Å². The number of hydrogen-bond donors (Lipinski definition) is 0. The predicted octanol–water partition coefficient (Wildman–Crippen LogP) is 3.57. The molecule has 0 unspecified atom stereocenters. The largest absolute Gasteiger partial charge is 0.331 e. The number of benzene rings is 2. The smallest absolute Gasteiger partial charge is 0.131 e. The van der Waals surface area contributed by atoms with Gasteiger partial charge < -0.3 is 4.67 Å². The van der Waals surface area contributed by atoms with Crippen molar-refractivity contribution in [2.24, 2.45) is 0 Å². The van der Waals surface area contributed by atoms with Crippen LogP contribution in [0.3, 0.4) is 0 Å². The molecule has 0 fully saturated rings. The molecule has 0 saturated heterocycles. The first-order valence-electron chi connectivity index (χ1n) is 6.91. The number of anilines is 1. The van der Waals surface area contributed by atoms with Crippen LogP contribution < -0.4 is 15.3 Å². The maximum absolute atomic E-state index is 4.49. The summed E-state index contributed by atoms with van der Waals surface area (Å²) in [6, 6.07) is 27.3. The lowest BCUT2D eigenvalue weighted by atomic mass is 10.4. The Morgan fingerprint density at radius 2 is 1.24 bits per heavy atom. The standard InChI is InChI=1S/C18H17N2P/c1-20(18-14-8-9-15-19-18)21(16-10-4-2-5-11-16)17-12-6-3-7-13-17/h2-15H,1H3. The summed E-state index contributed by atoms with van der Waals surface area (Å²) in [6.45, 7) is 0. The fourth-order valence-corrected chi connectivity index (χ4v) is 4.50. The highest BCUT2D eigenvalue weighted by Crippen LogP contribution is 2.39. The maximum atomic E-state index is 4.49. The molecule has 1 heterocycles. The first-order valence-corrected chi connectivity index (χ1v) is 8.20. The summed E-state index contributed by atoms with van der Waals surface area (Å²) in [5, 5.41) is 2.65. The molecule has 3 heteroatoms. The zero-order valence-corrected chi connectivity index (χ0v) is 12.8. The zero-order valence-electron chi connectivity index (χ0n) is 11.9. The summed E-state index contributed by atoms with van der Waals surface area (Å²) in [7, 11) is 1.50. The minimum Gasteiger partial charge on any atom is -0.331 e. The number of aromatic nitrogens is 1. The van der Waals surface area contributed by atoms with E-state index in [1.54, 1.807) is 0 Å². The molecule has 104 valence electrons. The minimum absolute atomic E-state index is 0.618. The molecule has 0 N–H and O–H groups in total. The third kappa shape index (κ3) is 3.12. The summed E-state index contributed by atoms with van der Waals surface area (Å²) >= 11 is 0. The van der Waals surface area contributed by atoms with Gasteiger partial charge in [-0.2, -0.15) is 0 Å². The normalized spacial score (nSPS) is 10.6. The van der Waals surface area contributed by atoms with Gasteiger partial charge >= 0.3 is 0 Å². The van der Waals surface area contributed by atoms with E-state index in [2.05, 4.69) is 83.4 Å². The molecular formula is C18H17N2P. The van der Waals surface area contributed by atoms with Crippen molar-refractivity contribution in [3.05, 3.63) is 85.1 Å². The molecule has 21 heavy (non-hydrogen) atoms. The Balaban J connectivity index is 2.05.